The number of carbonyl (C=O) groups excluding carboxylic acids is 1. The summed E-state index contributed by atoms with van der Waals surface area (Å²) < 4.78 is 7.14. The third-order valence-corrected chi connectivity index (χ3v) is 5.50. The van der Waals surface area contributed by atoms with Gasteiger partial charge in [-0.3, -0.25) is 9.69 Å². The molecule has 0 radical (unpaired) electrons. The number of amides is 1. The molecule has 0 spiro atoms. The lowest BCUT2D eigenvalue weighted by molar-refractivity contribution is 0.102. The number of phenols is 1. The third-order valence-electron chi connectivity index (χ3n) is 5.50. The predicted octanol–water partition coefficient (Wildman–Crippen LogP) is 3.69. The molecule has 1 aromatic heterocycles. The second-order valence-electron chi connectivity index (χ2n) is 7.49. The number of nitrogens with one attached hydrogen (secondary N) is 1. The maximum absolute atomic E-state index is 12.5. The molecule has 2 heterocycles. The van der Waals surface area contributed by atoms with E-state index in [1.165, 1.54) is 0 Å². The summed E-state index contributed by atoms with van der Waals surface area (Å²) in [5.41, 5.74) is 1.74. The Hall–Kier alpha value is -3.32. The summed E-state index contributed by atoms with van der Waals surface area (Å²) in [6.45, 7) is 2.67. The number of benzene rings is 2. The molecular weight excluding hydrogens is 380 g/mol. The van der Waals surface area contributed by atoms with E-state index < -0.39 is 0 Å². The van der Waals surface area contributed by atoms with Crippen molar-refractivity contribution < 1.29 is 14.6 Å². The van der Waals surface area contributed by atoms with Gasteiger partial charge in [0.1, 0.15) is 5.82 Å². The number of methoxy groups -OCH3 is 1. The summed E-state index contributed by atoms with van der Waals surface area (Å²) in [4.78, 5) is 14.9. The lowest BCUT2D eigenvalue weighted by atomic mass is 10.0. The Morgan fingerprint density at radius 3 is 2.67 bits per heavy atom. The molecule has 0 unspecified atom stereocenters. The summed E-state index contributed by atoms with van der Waals surface area (Å²) in [5, 5.41) is 17.2. The average Bonchev–Trinajstić information content (AvgIpc) is 3.24. The first-order valence-corrected chi connectivity index (χ1v) is 10.1. The van der Waals surface area contributed by atoms with Crippen molar-refractivity contribution in [2.24, 2.45) is 0 Å². The number of aromatic nitrogens is 2. The number of hydrogen-bond acceptors (Lipinski definition) is 5. The number of carbonyl (C=O) groups is 1. The first-order chi connectivity index (χ1) is 14.6. The molecule has 1 aliphatic heterocycles. The molecular formula is C23H26N4O3. The smallest absolute Gasteiger partial charge is 0.256 e. The zero-order chi connectivity index (χ0) is 20.9. The molecule has 7 heteroatoms. The van der Waals surface area contributed by atoms with Crippen molar-refractivity contribution in [1.29, 1.82) is 0 Å². The van der Waals surface area contributed by atoms with E-state index in [0.29, 0.717) is 11.3 Å². The van der Waals surface area contributed by atoms with Crippen LogP contribution in [0.15, 0.2) is 60.8 Å². The van der Waals surface area contributed by atoms with Crippen LogP contribution < -0.4 is 10.1 Å². The first-order valence-electron chi connectivity index (χ1n) is 10.1. The lowest BCUT2D eigenvalue weighted by Crippen LogP contribution is -2.35. The first kappa shape index (κ1) is 20.0. The number of piperidine rings is 1. The standard InChI is InChI=1S/C23H26N4O3/c1-30-21-15-17(7-8-20(21)28)16-26-13-10-19(11-14-26)27-22(9-12-24-27)25-23(29)18-5-3-2-4-6-18/h2-9,12,15,19,28H,10-11,13-14,16H2,1H3,(H,25,29). The molecule has 1 aliphatic rings. The van der Waals surface area contributed by atoms with Crippen LogP contribution in [-0.4, -0.2) is 45.9 Å². The van der Waals surface area contributed by atoms with E-state index in [-0.39, 0.29) is 17.7 Å². The van der Waals surface area contributed by atoms with Crippen molar-refractivity contribution in [3.8, 4) is 11.5 Å². The van der Waals surface area contributed by atoms with Crippen LogP contribution in [0.4, 0.5) is 5.82 Å². The Morgan fingerprint density at radius 1 is 1.17 bits per heavy atom. The number of likely N-dealkylation sites (tertiary alicyclic amines) is 1. The molecule has 1 amide bonds. The maximum atomic E-state index is 12.5. The number of rotatable bonds is 6. The molecule has 4 rings (SSSR count). The minimum atomic E-state index is -0.129. The van der Waals surface area contributed by atoms with E-state index in [2.05, 4.69) is 15.3 Å². The van der Waals surface area contributed by atoms with Crippen LogP contribution in [0.3, 0.4) is 0 Å². The predicted molar refractivity (Wildman–Crippen MR) is 115 cm³/mol. The molecule has 2 N–H and O–H groups in total. The van der Waals surface area contributed by atoms with Gasteiger partial charge in [0.25, 0.3) is 5.91 Å². The van der Waals surface area contributed by atoms with Gasteiger partial charge >= 0.3 is 0 Å². The van der Waals surface area contributed by atoms with Crippen molar-refractivity contribution in [1.82, 2.24) is 14.7 Å². The highest BCUT2D eigenvalue weighted by Crippen LogP contribution is 2.29. The monoisotopic (exact) mass is 406 g/mol. The summed E-state index contributed by atoms with van der Waals surface area (Å²) >= 11 is 0. The Balaban J connectivity index is 1.36. The van der Waals surface area contributed by atoms with Crippen LogP contribution in [0.1, 0.15) is 34.8 Å². The molecule has 156 valence electrons. The van der Waals surface area contributed by atoms with E-state index in [0.717, 1.165) is 43.9 Å². The zero-order valence-electron chi connectivity index (χ0n) is 17.0. The highest BCUT2D eigenvalue weighted by molar-refractivity contribution is 6.03. The van der Waals surface area contributed by atoms with Crippen LogP contribution in [0.5, 0.6) is 11.5 Å². The van der Waals surface area contributed by atoms with Gasteiger partial charge in [0, 0.05) is 31.3 Å². The van der Waals surface area contributed by atoms with Crippen molar-refractivity contribution in [2.75, 3.05) is 25.5 Å². The number of hydrogen-bond donors (Lipinski definition) is 2. The van der Waals surface area contributed by atoms with Gasteiger partial charge in [0.15, 0.2) is 11.5 Å². The fourth-order valence-corrected chi connectivity index (χ4v) is 3.88. The summed E-state index contributed by atoms with van der Waals surface area (Å²) in [7, 11) is 1.56. The zero-order valence-corrected chi connectivity index (χ0v) is 17.0. The van der Waals surface area contributed by atoms with Crippen molar-refractivity contribution in [3.05, 3.63) is 71.9 Å². The van der Waals surface area contributed by atoms with Crippen LogP contribution in [0.2, 0.25) is 0 Å². The number of ether oxygens (including phenoxy) is 1. The Labute approximate surface area is 175 Å². The highest BCUT2D eigenvalue weighted by Gasteiger charge is 2.23. The van der Waals surface area contributed by atoms with Gasteiger partial charge in [-0.1, -0.05) is 24.3 Å². The van der Waals surface area contributed by atoms with Crippen molar-refractivity contribution in [2.45, 2.75) is 25.4 Å². The van der Waals surface area contributed by atoms with Gasteiger partial charge < -0.3 is 15.2 Å². The third kappa shape index (κ3) is 4.46. The number of anilines is 1. The molecule has 0 saturated carbocycles. The van der Waals surface area contributed by atoms with Crippen LogP contribution in [0, 0.1) is 0 Å². The van der Waals surface area contributed by atoms with E-state index >= 15 is 0 Å². The van der Waals surface area contributed by atoms with Gasteiger partial charge in [0.05, 0.1) is 19.3 Å². The molecule has 0 atom stereocenters. The molecule has 3 aromatic rings. The fourth-order valence-electron chi connectivity index (χ4n) is 3.88. The highest BCUT2D eigenvalue weighted by atomic mass is 16.5. The number of aromatic hydroxyl groups is 1. The van der Waals surface area contributed by atoms with E-state index in [1.54, 1.807) is 31.5 Å². The summed E-state index contributed by atoms with van der Waals surface area (Å²) in [5.74, 6) is 1.25. The minimum Gasteiger partial charge on any atom is -0.504 e. The van der Waals surface area contributed by atoms with Crippen LogP contribution in [-0.2, 0) is 6.54 Å². The number of phenolic OH excluding ortho intramolecular Hbond substituents is 1. The molecule has 7 nitrogen and oxygen atoms in total. The molecule has 1 fully saturated rings. The van der Waals surface area contributed by atoms with Gasteiger partial charge in [0.2, 0.25) is 0 Å². The van der Waals surface area contributed by atoms with Crippen LogP contribution >= 0.6 is 0 Å². The fraction of sp³-hybridized carbons (Fsp3) is 0.304. The largest absolute Gasteiger partial charge is 0.504 e. The molecule has 0 aliphatic carbocycles. The summed E-state index contributed by atoms with van der Waals surface area (Å²) in [6.07, 6.45) is 3.63. The second kappa shape index (κ2) is 9.00. The molecule has 1 saturated heterocycles. The van der Waals surface area contributed by atoms with E-state index in [1.807, 2.05) is 41.1 Å². The average molecular weight is 406 g/mol. The van der Waals surface area contributed by atoms with Gasteiger partial charge in [-0.05, 0) is 42.7 Å². The SMILES string of the molecule is COc1cc(CN2CCC(n3nccc3NC(=O)c3ccccc3)CC2)ccc1O. The van der Waals surface area contributed by atoms with Gasteiger partial charge in [-0.25, -0.2) is 4.68 Å². The van der Waals surface area contributed by atoms with Crippen LogP contribution in [0.25, 0.3) is 0 Å². The minimum absolute atomic E-state index is 0.129. The summed E-state index contributed by atoms with van der Waals surface area (Å²) in [6, 6.07) is 16.8. The van der Waals surface area contributed by atoms with E-state index in [9.17, 15) is 9.90 Å². The number of nitrogens with zero attached hydrogens (tertiary/aromatic N) is 3. The Bertz CT molecular complexity index is 995. The lowest BCUT2D eigenvalue weighted by Gasteiger charge is -2.32. The molecule has 30 heavy (non-hydrogen) atoms. The second-order valence-corrected chi connectivity index (χ2v) is 7.49. The van der Waals surface area contributed by atoms with E-state index in [4.69, 9.17) is 4.74 Å². The molecule has 2 aromatic carbocycles. The maximum Gasteiger partial charge on any atom is 0.256 e. The van der Waals surface area contributed by atoms with Crippen molar-refractivity contribution >= 4 is 11.7 Å². The quantitative estimate of drug-likeness (QED) is 0.653. The Morgan fingerprint density at radius 2 is 1.93 bits per heavy atom. The topological polar surface area (TPSA) is 79.6 Å². The normalized spacial score (nSPS) is 15.1. The molecule has 0 bridgehead atoms. The van der Waals surface area contributed by atoms with Gasteiger partial charge in [-0.15, -0.1) is 0 Å². The van der Waals surface area contributed by atoms with Crippen molar-refractivity contribution in [3.63, 3.8) is 0 Å². The Kier molecular flexibility index (Phi) is 5.99. The van der Waals surface area contributed by atoms with Gasteiger partial charge in [-0.2, -0.15) is 5.10 Å².